The average Bonchev–Trinajstić information content (AvgIpc) is 3.06. The molecule has 0 aromatic heterocycles. The molecule has 0 heterocycles. The highest BCUT2D eigenvalue weighted by atomic mass is 16.6. The first-order valence-corrected chi connectivity index (χ1v) is 15.2. The molecule has 3 aromatic rings. The molecule has 0 aliphatic rings. The smallest absolute Gasteiger partial charge is 0.407 e. The Labute approximate surface area is 269 Å². The van der Waals surface area contributed by atoms with E-state index in [1.807, 2.05) is 95.9 Å². The molecule has 3 amide bonds. The Morgan fingerprint density at radius 2 is 1.04 bits per heavy atom. The molecule has 3 rings (SSSR count). The number of ether oxygens (including phenoxy) is 3. The van der Waals surface area contributed by atoms with Crippen LogP contribution in [-0.4, -0.2) is 73.0 Å². The van der Waals surface area contributed by atoms with E-state index in [2.05, 4.69) is 16.0 Å². The van der Waals surface area contributed by atoms with Crippen molar-refractivity contribution in [2.45, 2.75) is 45.1 Å². The number of alkyl carbamates (subject to hydrolysis) is 3. The van der Waals surface area contributed by atoms with Crippen molar-refractivity contribution in [1.29, 1.82) is 0 Å². The van der Waals surface area contributed by atoms with E-state index in [9.17, 15) is 19.2 Å². The van der Waals surface area contributed by atoms with E-state index in [-0.39, 0.29) is 39.3 Å². The Balaban J connectivity index is 1.55. The van der Waals surface area contributed by atoms with Crippen molar-refractivity contribution >= 4 is 24.2 Å². The van der Waals surface area contributed by atoms with Crippen LogP contribution in [-0.2, 0) is 38.8 Å². The van der Waals surface area contributed by atoms with E-state index >= 15 is 0 Å². The summed E-state index contributed by atoms with van der Waals surface area (Å²) in [6.07, 6.45) is -1.13. The summed E-state index contributed by atoms with van der Waals surface area (Å²) in [7, 11) is 0. The summed E-state index contributed by atoms with van der Waals surface area (Å²) < 4.78 is 16.0. The molecule has 1 atom stereocenters. The van der Waals surface area contributed by atoms with E-state index in [1.165, 1.54) is 0 Å². The SMILES string of the molecule is O=C(O)CCCC(CN(CCNC(=O)OCc1ccccc1)CCNC(=O)OCc1ccccc1)NC(=O)OCc1ccccc1. The molecule has 12 heteroatoms. The third kappa shape index (κ3) is 15.6. The van der Waals surface area contributed by atoms with Gasteiger partial charge in [-0.25, -0.2) is 14.4 Å². The van der Waals surface area contributed by atoms with Gasteiger partial charge >= 0.3 is 24.2 Å². The largest absolute Gasteiger partial charge is 0.481 e. The van der Waals surface area contributed by atoms with Crippen LogP contribution in [0.1, 0.15) is 36.0 Å². The molecule has 4 N–H and O–H groups in total. The predicted octanol–water partition coefficient (Wildman–Crippen LogP) is 4.69. The number of carboxylic acids is 1. The monoisotopic (exact) mass is 634 g/mol. The predicted molar refractivity (Wildman–Crippen MR) is 171 cm³/mol. The zero-order valence-electron chi connectivity index (χ0n) is 25.8. The third-order valence-electron chi connectivity index (χ3n) is 6.78. The highest BCUT2D eigenvalue weighted by Crippen LogP contribution is 2.07. The van der Waals surface area contributed by atoms with Crippen molar-refractivity contribution in [1.82, 2.24) is 20.9 Å². The topological polar surface area (TPSA) is 156 Å². The fourth-order valence-electron chi connectivity index (χ4n) is 4.43. The standard InChI is InChI=1S/C34H42N4O8/c39-31(40)18-10-17-30(37-34(43)46-26-29-15-8-3-9-16-29)23-38(21-19-35-32(41)44-24-27-11-4-1-5-12-27)22-20-36-33(42)45-25-28-13-6-2-7-14-28/h1-9,11-16,30H,10,17-26H2,(H,35,41)(H,36,42)(H,37,43)(H,39,40). The lowest BCUT2D eigenvalue weighted by molar-refractivity contribution is -0.137. The van der Waals surface area contributed by atoms with Gasteiger partial charge in [-0.1, -0.05) is 91.0 Å². The van der Waals surface area contributed by atoms with Crippen LogP contribution in [0.5, 0.6) is 0 Å². The first kappa shape index (κ1) is 35.4. The van der Waals surface area contributed by atoms with Crippen LogP contribution in [0.15, 0.2) is 91.0 Å². The molecule has 0 fully saturated rings. The lowest BCUT2D eigenvalue weighted by Crippen LogP contribution is -2.48. The summed E-state index contributed by atoms with van der Waals surface area (Å²) in [5.74, 6) is -0.932. The summed E-state index contributed by atoms with van der Waals surface area (Å²) in [4.78, 5) is 50.4. The molecule has 0 saturated carbocycles. The number of carbonyl (C=O) groups excluding carboxylic acids is 3. The van der Waals surface area contributed by atoms with Gasteiger partial charge in [-0.05, 0) is 29.5 Å². The zero-order chi connectivity index (χ0) is 32.8. The number of aliphatic carboxylic acids is 1. The molecular weight excluding hydrogens is 592 g/mol. The van der Waals surface area contributed by atoms with Gasteiger partial charge in [0, 0.05) is 45.2 Å². The maximum absolute atomic E-state index is 12.7. The van der Waals surface area contributed by atoms with Crippen molar-refractivity contribution in [3.63, 3.8) is 0 Å². The Morgan fingerprint density at radius 1 is 0.630 bits per heavy atom. The number of benzene rings is 3. The quantitative estimate of drug-likeness (QED) is 0.137. The number of hydrogen-bond donors (Lipinski definition) is 4. The lowest BCUT2D eigenvalue weighted by atomic mass is 10.1. The normalized spacial score (nSPS) is 11.2. The van der Waals surface area contributed by atoms with Crippen molar-refractivity contribution < 1.29 is 38.5 Å². The summed E-state index contributed by atoms with van der Waals surface area (Å²) in [5, 5.41) is 17.4. The van der Waals surface area contributed by atoms with Crippen LogP contribution >= 0.6 is 0 Å². The Kier molecular flexibility index (Phi) is 16.0. The van der Waals surface area contributed by atoms with E-state index in [1.54, 1.807) is 0 Å². The van der Waals surface area contributed by atoms with Gasteiger partial charge in [0.2, 0.25) is 0 Å². The lowest BCUT2D eigenvalue weighted by Gasteiger charge is -2.28. The molecule has 0 bridgehead atoms. The molecule has 46 heavy (non-hydrogen) atoms. The highest BCUT2D eigenvalue weighted by molar-refractivity contribution is 5.68. The second-order valence-electron chi connectivity index (χ2n) is 10.5. The molecule has 3 aromatic carbocycles. The van der Waals surface area contributed by atoms with Gasteiger partial charge in [0.15, 0.2) is 0 Å². The maximum Gasteiger partial charge on any atom is 0.407 e. The minimum Gasteiger partial charge on any atom is -0.481 e. The fraction of sp³-hybridized carbons (Fsp3) is 0.353. The van der Waals surface area contributed by atoms with E-state index in [4.69, 9.17) is 19.3 Å². The summed E-state index contributed by atoms with van der Waals surface area (Å²) in [5.41, 5.74) is 2.55. The van der Waals surface area contributed by atoms with Crippen LogP contribution < -0.4 is 16.0 Å². The minimum absolute atomic E-state index is 0.0547. The van der Waals surface area contributed by atoms with E-state index in [0.717, 1.165) is 16.7 Å². The second-order valence-corrected chi connectivity index (χ2v) is 10.5. The van der Waals surface area contributed by atoms with E-state index < -0.39 is 30.3 Å². The van der Waals surface area contributed by atoms with Gasteiger partial charge in [0.05, 0.1) is 0 Å². The Bertz CT molecular complexity index is 1270. The van der Waals surface area contributed by atoms with Crippen molar-refractivity contribution in [3.8, 4) is 0 Å². The van der Waals surface area contributed by atoms with Gasteiger partial charge in [-0.3, -0.25) is 9.69 Å². The van der Waals surface area contributed by atoms with Crippen molar-refractivity contribution in [3.05, 3.63) is 108 Å². The summed E-state index contributed by atoms with van der Waals surface area (Å²) >= 11 is 0. The third-order valence-corrected chi connectivity index (χ3v) is 6.78. The second kappa shape index (κ2) is 20.8. The molecule has 0 spiro atoms. The van der Waals surface area contributed by atoms with Gasteiger partial charge in [0.1, 0.15) is 19.8 Å². The first-order chi connectivity index (χ1) is 22.4. The van der Waals surface area contributed by atoms with Crippen molar-refractivity contribution in [2.24, 2.45) is 0 Å². The number of nitrogens with zero attached hydrogens (tertiary/aromatic N) is 1. The molecule has 0 aliphatic heterocycles. The van der Waals surface area contributed by atoms with Gasteiger partial charge in [0.25, 0.3) is 0 Å². The number of nitrogens with one attached hydrogen (secondary N) is 3. The van der Waals surface area contributed by atoms with Crippen LogP contribution in [0.4, 0.5) is 14.4 Å². The van der Waals surface area contributed by atoms with E-state index in [0.29, 0.717) is 32.5 Å². The molecule has 0 saturated heterocycles. The van der Waals surface area contributed by atoms with Gasteiger partial charge in [-0.2, -0.15) is 0 Å². The number of carboxylic acid groups (broad SMARTS) is 1. The van der Waals surface area contributed by atoms with Crippen LogP contribution in [0, 0.1) is 0 Å². The van der Waals surface area contributed by atoms with Gasteiger partial charge in [-0.15, -0.1) is 0 Å². The Hall–Kier alpha value is -5.10. The zero-order valence-corrected chi connectivity index (χ0v) is 25.8. The molecule has 1 unspecified atom stereocenters. The van der Waals surface area contributed by atoms with Gasteiger partial charge < -0.3 is 35.3 Å². The highest BCUT2D eigenvalue weighted by Gasteiger charge is 2.19. The molecule has 12 nitrogen and oxygen atoms in total. The van der Waals surface area contributed by atoms with Crippen molar-refractivity contribution in [2.75, 3.05) is 32.7 Å². The molecule has 246 valence electrons. The average molecular weight is 635 g/mol. The minimum atomic E-state index is -0.932. The first-order valence-electron chi connectivity index (χ1n) is 15.2. The number of hydrogen-bond acceptors (Lipinski definition) is 8. The Morgan fingerprint density at radius 3 is 1.46 bits per heavy atom. The summed E-state index contributed by atoms with van der Waals surface area (Å²) in [6, 6.07) is 27.4. The number of carbonyl (C=O) groups is 4. The molecule has 0 radical (unpaired) electrons. The summed E-state index contributed by atoms with van der Waals surface area (Å²) in [6.45, 7) is 1.83. The number of amides is 3. The maximum atomic E-state index is 12.7. The fourth-order valence-corrected chi connectivity index (χ4v) is 4.43. The number of rotatable bonds is 19. The van der Waals surface area contributed by atoms with Crippen LogP contribution in [0.2, 0.25) is 0 Å². The molecular formula is C34H42N4O8. The van der Waals surface area contributed by atoms with Crippen LogP contribution in [0.3, 0.4) is 0 Å². The van der Waals surface area contributed by atoms with Crippen LogP contribution in [0.25, 0.3) is 0 Å². The molecule has 0 aliphatic carbocycles.